The van der Waals surface area contributed by atoms with Gasteiger partial charge in [0.15, 0.2) is 0 Å². The van der Waals surface area contributed by atoms with Crippen molar-refractivity contribution in [2.24, 2.45) is 0 Å². The Balaban J connectivity index is 1.82. The molecule has 0 bridgehead atoms. The van der Waals surface area contributed by atoms with E-state index < -0.39 is 6.04 Å². The monoisotopic (exact) mass is 405 g/mol. The van der Waals surface area contributed by atoms with Crippen molar-refractivity contribution in [3.05, 3.63) is 71.2 Å². The zero-order valence-corrected chi connectivity index (χ0v) is 17.3. The van der Waals surface area contributed by atoms with Crippen molar-refractivity contribution in [2.75, 3.05) is 24.9 Å². The molecule has 0 unspecified atom stereocenters. The zero-order valence-electron chi connectivity index (χ0n) is 17.3. The fourth-order valence-electron chi connectivity index (χ4n) is 3.62. The maximum absolute atomic E-state index is 13.4. The van der Waals surface area contributed by atoms with Crippen LogP contribution in [0, 0.1) is 6.92 Å². The summed E-state index contributed by atoms with van der Waals surface area (Å²) in [4.78, 5) is 17.7. The summed E-state index contributed by atoms with van der Waals surface area (Å²) < 4.78 is 12.6. The number of benzene rings is 2. The van der Waals surface area contributed by atoms with Gasteiger partial charge >= 0.3 is 0 Å². The van der Waals surface area contributed by atoms with E-state index in [2.05, 4.69) is 20.7 Å². The average Bonchev–Trinajstić information content (AvgIpc) is 3.21. The van der Waals surface area contributed by atoms with E-state index in [4.69, 9.17) is 9.47 Å². The molecule has 2 aromatic carbocycles. The number of methoxy groups -OCH3 is 2. The molecule has 30 heavy (non-hydrogen) atoms. The number of aryl methyl sites for hydroxylation is 1. The fourth-order valence-corrected chi connectivity index (χ4v) is 3.62. The molecule has 1 amide bonds. The van der Waals surface area contributed by atoms with Gasteiger partial charge in [-0.15, -0.1) is 0 Å². The Morgan fingerprint density at radius 3 is 2.67 bits per heavy atom. The number of nitrogens with one attached hydrogen (secondary N) is 2. The second-order valence-corrected chi connectivity index (χ2v) is 6.97. The quantitative estimate of drug-likeness (QED) is 0.675. The highest BCUT2D eigenvalue weighted by Crippen LogP contribution is 2.40. The lowest BCUT2D eigenvalue weighted by atomic mass is 9.94. The van der Waals surface area contributed by atoms with Gasteiger partial charge in [0, 0.05) is 23.0 Å². The molecule has 0 saturated heterocycles. The van der Waals surface area contributed by atoms with E-state index in [9.17, 15) is 4.79 Å². The third-order valence-electron chi connectivity index (χ3n) is 5.17. The Hall–Kier alpha value is -3.81. The maximum atomic E-state index is 13.4. The molecule has 8 nitrogen and oxygen atoms in total. The second kappa shape index (κ2) is 7.90. The molecule has 0 aliphatic carbocycles. The predicted molar refractivity (Wildman–Crippen MR) is 114 cm³/mol. The topological polar surface area (TPSA) is 90.3 Å². The first-order valence-corrected chi connectivity index (χ1v) is 9.49. The van der Waals surface area contributed by atoms with Crippen LogP contribution in [0.4, 0.5) is 11.6 Å². The Bertz CT molecular complexity index is 1140. The van der Waals surface area contributed by atoms with E-state index >= 15 is 0 Å². The molecule has 1 aromatic heterocycles. The van der Waals surface area contributed by atoms with E-state index in [0.29, 0.717) is 28.7 Å². The van der Waals surface area contributed by atoms with Crippen molar-refractivity contribution in [2.45, 2.75) is 19.9 Å². The summed E-state index contributed by atoms with van der Waals surface area (Å²) in [5.41, 5.74) is 3.74. The average molecular weight is 405 g/mol. The molecule has 0 spiro atoms. The summed E-state index contributed by atoms with van der Waals surface area (Å²) in [6.45, 7) is 3.81. The molecule has 1 atom stereocenters. The van der Waals surface area contributed by atoms with Crippen molar-refractivity contribution < 1.29 is 14.3 Å². The molecule has 3 aromatic rings. The van der Waals surface area contributed by atoms with Gasteiger partial charge in [-0.3, -0.25) is 4.79 Å². The van der Waals surface area contributed by atoms with Crippen LogP contribution in [0.1, 0.15) is 24.1 Å². The maximum Gasteiger partial charge on any atom is 0.255 e. The van der Waals surface area contributed by atoms with E-state index in [1.54, 1.807) is 25.0 Å². The van der Waals surface area contributed by atoms with Crippen molar-refractivity contribution in [1.82, 2.24) is 14.8 Å². The van der Waals surface area contributed by atoms with Crippen LogP contribution in [-0.2, 0) is 4.79 Å². The lowest BCUT2D eigenvalue weighted by Gasteiger charge is -2.29. The Morgan fingerprint density at radius 2 is 1.93 bits per heavy atom. The number of aromatic nitrogens is 3. The summed E-state index contributed by atoms with van der Waals surface area (Å²) in [5.74, 6) is 1.59. The number of carbonyl (C=O) groups is 1. The highest BCUT2D eigenvalue weighted by molar-refractivity contribution is 6.06. The second-order valence-electron chi connectivity index (χ2n) is 6.97. The smallest absolute Gasteiger partial charge is 0.255 e. The Labute approximate surface area is 174 Å². The van der Waals surface area contributed by atoms with Crippen molar-refractivity contribution in [3.63, 3.8) is 0 Å². The number of rotatable bonds is 5. The number of allylic oxidation sites excluding steroid dienone is 1. The van der Waals surface area contributed by atoms with E-state index in [0.717, 1.165) is 16.8 Å². The van der Waals surface area contributed by atoms with Crippen LogP contribution in [0.2, 0.25) is 0 Å². The Morgan fingerprint density at radius 1 is 1.13 bits per heavy atom. The van der Waals surface area contributed by atoms with Crippen molar-refractivity contribution >= 4 is 17.5 Å². The van der Waals surface area contributed by atoms with Gasteiger partial charge in [-0.2, -0.15) is 10.1 Å². The van der Waals surface area contributed by atoms with E-state index in [1.807, 2.05) is 50.2 Å². The van der Waals surface area contributed by atoms with Crippen LogP contribution in [0.5, 0.6) is 11.5 Å². The van der Waals surface area contributed by atoms with Crippen LogP contribution >= 0.6 is 0 Å². The molecule has 2 heterocycles. The molecule has 1 aliphatic heterocycles. The minimum atomic E-state index is -0.520. The highest BCUT2D eigenvalue weighted by atomic mass is 16.5. The van der Waals surface area contributed by atoms with E-state index in [1.165, 1.54) is 6.33 Å². The first-order chi connectivity index (χ1) is 14.5. The number of fused-ring (bicyclic) bond motifs is 1. The number of ether oxygens (including phenoxy) is 2. The SMILES string of the molecule is COc1ccc([C@@H]2C(C(=O)Nc3ccccc3C)=C(C)Nc3ncnn32)c(OC)c1. The van der Waals surface area contributed by atoms with Gasteiger partial charge in [0.05, 0.1) is 19.8 Å². The highest BCUT2D eigenvalue weighted by Gasteiger charge is 2.35. The molecule has 0 fully saturated rings. The third-order valence-corrected chi connectivity index (χ3v) is 5.17. The van der Waals surface area contributed by atoms with Gasteiger partial charge in [0.1, 0.15) is 23.9 Å². The van der Waals surface area contributed by atoms with Crippen LogP contribution in [0.25, 0.3) is 0 Å². The third kappa shape index (κ3) is 3.36. The largest absolute Gasteiger partial charge is 0.497 e. The summed E-state index contributed by atoms with van der Waals surface area (Å²) in [6, 6.07) is 12.6. The first kappa shape index (κ1) is 19.5. The minimum absolute atomic E-state index is 0.224. The molecule has 4 rings (SSSR count). The molecule has 1 aliphatic rings. The summed E-state index contributed by atoms with van der Waals surface area (Å²) in [5, 5.41) is 10.6. The predicted octanol–water partition coefficient (Wildman–Crippen LogP) is 3.53. The minimum Gasteiger partial charge on any atom is -0.497 e. The fraction of sp³-hybridized carbons (Fsp3) is 0.227. The molecule has 8 heteroatoms. The molecular weight excluding hydrogens is 382 g/mol. The van der Waals surface area contributed by atoms with Crippen LogP contribution in [0.15, 0.2) is 60.1 Å². The van der Waals surface area contributed by atoms with Gasteiger partial charge in [-0.25, -0.2) is 4.68 Å². The lowest BCUT2D eigenvalue weighted by Crippen LogP contribution is -2.31. The van der Waals surface area contributed by atoms with Crippen molar-refractivity contribution in [1.29, 1.82) is 0 Å². The normalized spacial score (nSPS) is 15.3. The molecule has 154 valence electrons. The summed E-state index contributed by atoms with van der Waals surface area (Å²) >= 11 is 0. The molecule has 0 saturated carbocycles. The molecule has 2 N–H and O–H groups in total. The van der Waals surface area contributed by atoms with Gasteiger partial charge < -0.3 is 20.1 Å². The summed E-state index contributed by atoms with van der Waals surface area (Å²) in [7, 11) is 3.19. The number of amides is 1. The molecule has 0 radical (unpaired) electrons. The van der Waals surface area contributed by atoms with Gasteiger partial charge in [-0.05, 0) is 37.6 Å². The van der Waals surface area contributed by atoms with E-state index in [-0.39, 0.29) is 5.91 Å². The van der Waals surface area contributed by atoms with Crippen LogP contribution in [-0.4, -0.2) is 34.9 Å². The molecular formula is C22H23N5O3. The van der Waals surface area contributed by atoms with Gasteiger partial charge in [-0.1, -0.05) is 18.2 Å². The van der Waals surface area contributed by atoms with Gasteiger partial charge in [0.2, 0.25) is 5.95 Å². The van der Waals surface area contributed by atoms with Crippen LogP contribution < -0.4 is 20.1 Å². The first-order valence-electron chi connectivity index (χ1n) is 9.49. The van der Waals surface area contributed by atoms with Crippen LogP contribution in [0.3, 0.4) is 0 Å². The lowest BCUT2D eigenvalue weighted by molar-refractivity contribution is -0.113. The number of para-hydroxylation sites is 1. The standard InChI is InChI=1S/C22H23N5O3/c1-13-7-5-6-8-17(13)26-21(28)19-14(2)25-22-23-12-24-27(22)20(19)16-10-9-15(29-3)11-18(16)30-4/h5-12,20H,1-4H3,(H,26,28)(H,23,24,25)/t20-/m1/s1. The van der Waals surface area contributed by atoms with Crippen molar-refractivity contribution in [3.8, 4) is 11.5 Å². The number of hydrogen-bond acceptors (Lipinski definition) is 6. The summed E-state index contributed by atoms with van der Waals surface area (Å²) in [6.07, 6.45) is 1.46. The number of nitrogens with zero attached hydrogens (tertiary/aromatic N) is 3. The van der Waals surface area contributed by atoms with Gasteiger partial charge in [0.25, 0.3) is 5.91 Å². The Kier molecular flexibility index (Phi) is 5.14. The number of carbonyl (C=O) groups excluding carboxylic acids is 1. The number of anilines is 2. The number of hydrogen-bond donors (Lipinski definition) is 2. The zero-order chi connectivity index (χ0) is 21.3.